The Kier molecular flexibility index (Phi) is 13.5. The number of carbonyl (C=O) groups is 4. The SMILES string of the molecule is O=C(NCC1CCCCC1)c1ncccc1NC(=O)c1cccc2ccccc12.O=C(Nc1ccc[n+]([O-])c1C(=O)NCC1CCCCC1)c1cccc2ccccc12. The average Bonchev–Trinajstić information content (AvgIpc) is 3.28. The van der Waals surface area contributed by atoms with Crippen molar-refractivity contribution in [2.75, 3.05) is 23.7 Å². The van der Waals surface area contributed by atoms with Gasteiger partial charge in [0.25, 0.3) is 17.7 Å². The Hall–Kier alpha value is -6.62. The van der Waals surface area contributed by atoms with Crippen molar-refractivity contribution in [1.29, 1.82) is 0 Å². The maximum atomic E-state index is 13.0. The van der Waals surface area contributed by atoms with Crippen LogP contribution in [0.2, 0.25) is 0 Å². The van der Waals surface area contributed by atoms with Crippen LogP contribution in [0.15, 0.2) is 122 Å². The smallest absolute Gasteiger partial charge is 0.319 e. The number of hydrogen-bond acceptors (Lipinski definition) is 6. The lowest BCUT2D eigenvalue weighted by atomic mass is 9.89. The fourth-order valence-corrected chi connectivity index (χ4v) is 8.15. The van der Waals surface area contributed by atoms with Crippen LogP contribution in [0.4, 0.5) is 11.4 Å². The Bertz CT molecular complexity index is 2430. The Morgan fingerprint density at radius 1 is 0.542 bits per heavy atom. The second kappa shape index (κ2) is 19.7. The molecular weight excluding hydrogens is 741 g/mol. The number of aromatic nitrogens is 2. The van der Waals surface area contributed by atoms with E-state index in [2.05, 4.69) is 26.3 Å². The molecule has 0 bridgehead atoms. The van der Waals surface area contributed by atoms with Gasteiger partial charge in [-0.25, -0.2) is 4.98 Å². The van der Waals surface area contributed by atoms with Gasteiger partial charge in [0.2, 0.25) is 0 Å². The number of pyridine rings is 2. The molecule has 0 aliphatic heterocycles. The molecule has 0 spiro atoms. The average molecular weight is 791 g/mol. The van der Waals surface area contributed by atoms with Crippen molar-refractivity contribution < 1.29 is 23.9 Å². The highest BCUT2D eigenvalue weighted by atomic mass is 16.5. The quantitative estimate of drug-likeness (QED) is 0.0803. The molecule has 4 amide bonds. The maximum absolute atomic E-state index is 13.0. The molecule has 4 N–H and O–H groups in total. The van der Waals surface area contributed by atoms with E-state index in [9.17, 15) is 24.4 Å². The van der Waals surface area contributed by atoms with Gasteiger partial charge < -0.3 is 26.5 Å². The van der Waals surface area contributed by atoms with E-state index in [1.165, 1.54) is 50.8 Å². The highest BCUT2D eigenvalue weighted by Crippen LogP contribution is 2.26. The number of fused-ring (bicyclic) bond motifs is 2. The van der Waals surface area contributed by atoms with Gasteiger partial charge in [-0.2, -0.15) is 4.73 Å². The highest BCUT2D eigenvalue weighted by molar-refractivity contribution is 6.15. The number of rotatable bonds is 10. The Morgan fingerprint density at radius 3 is 1.61 bits per heavy atom. The summed E-state index contributed by atoms with van der Waals surface area (Å²) in [5, 5.41) is 27.5. The second-order valence-electron chi connectivity index (χ2n) is 15.4. The van der Waals surface area contributed by atoms with E-state index >= 15 is 0 Å². The number of nitrogens with zero attached hydrogens (tertiary/aromatic N) is 2. The highest BCUT2D eigenvalue weighted by Gasteiger charge is 2.25. The van der Waals surface area contributed by atoms with Gasteiger partial charge in [-0.1, -0.05) is 111 Å². The van der Waals surface area contributed by atoms with Crippen molar-refractivity contribution in [1.82, 2.24) is 15.6 Å². The largest absolute Gasteiger partial charge is 0.618 e. The molecule has 0 radical (unpaired) electrons. The maximum Gasteiger partial charge on any atom is 0.319 e. The van der Waals surface area contributed by atoms with Gasteiger partial charge >= 0.3 is 11.6 Å². The first-order valence-corrected chi connectivity index (χ1v) is 20.7. The van der Waals surface area contributed by atoms with Gasteiger partial charge in [0.15, 0.2) is 11.9 Å². The van der Waals surface area contributed by atoms with Crippen molar-refractivity contribution in [2.24, 2.45) is 11.8 Å². The summed E-state index contributed by atoms with van der Waals surface area (Å²) in [6.45, 7) is 1.20. The molecule has 2 aliphatic carbocycles. The number of anilines is 2. The summed E-state index contributed by atoms with van der Waals surface area (Å²) in [7, 11) is 0. The molecule has 59 heavy (non-hydrogen) atoms. The van der Waals surface area contributed by atoms with Crippen molar-refractivity contribution in [2.45, 2.75) is 64.2 Å². The molecule has 0 atom stereocenters. The lowest BCUT2D eigenvalue weighted by molar-refractivity contribution is -0.607. The van der Waals surface area contributed by atoms with Gasteiger partial charge in [-0.05, 0) is 89.4 Å². The molecule has 2 saturated carbocycles. The van der Waals surface area contributed by atoms with Crippen molar-refractivity contribution in [3.05, 3.63) is 149 Å². The fraction of sp³-hybridized carbons (Fsp3) is 0.292. The number of hydrogen-bond donors (Lipinski definition) is 4. The summed E-state index contributed by atoms with van der Waals surface area (Å²) in [6, 6.07) is 33.0. The Balaban J connectivity index is 0.000000179. The van der Waals surface area contributed by atoms with E-state index < -0.39 is 5.91 Å². The Morgan fingerprint density at radius 2 is 1.03 bits per heavy atom. The van der Waals surface area contributed by atoms with E-state index in [1.54, 1.807) is 36.5 Å². The number of carbonyl (C=O) groups excluding carboxylic acids is 4. The zero-order valence-electron chi connectivity index (χ0n) is 33.1. The van der Waals surface area contributed by atoms with Gasteiger partial charge in [0, 0.05) is 36.5 Å². The molecule has 2 heterocycles. The normalized spacial score (nSPS) is 14.4. The monoisotopic (exact) mass is 790 g/mol. The first-order valence-electron chi connectivity index (χ1n) is 20.7. The lowest BCUT2D eigenvalue weighted by Gasteiger charge is -2.21. The minimum Gasteiger partial charge on any atom is -0.618 e. The van der Waals surface area contributed by atoms with Gasteiger partial charge in [-0.15, -0.1) is 0 Å². The van der Waals surface area contributed by atoms with Crippen LogP contribution in [0.25, 0.3) is 21.5 Å². The molecule has 11 nitrogen and oxygen atoms in total. The van der Waals surface area contributed by atoms with E-state index in [0.717, 1.165) is 47.2 Å². The van der Waals surface area contributed by atoms with Crippen molar-refractivity contribution >= 4 is 56.5 Å². The molecule has 8 rings (SSSR count). The van der Waals surface area contributed by atoms with Crippen LogP contribution < -0.4 is 26.0 Å². The van der Waals surface area contributed by atoms with Crippen molar-refractivity contribution in [3.63, 3.8) is 0 Å². The summed E-state index contributed by atoms with van der Waals surface area (Å²) in [6.07, 6.45) is 14.7. The van der Waals surface area contributed by atoms with E-state index in [-0.39, 0.29) is 34.8 Å². The van der Waals surface area contributed by atoms with E-state index in [0.29, 0.717) is 46.5 Å². The minimum absolute atomic E-state index is 0.0955. The first-order chi connectivity index (χ1) is 28.9. The molecule has 302 valence electrons. The minimum atomic E-state index is -0.468. The number of benzene rings is 4. The molecule has 2 aliphatic rings. The standard InChI is InChI=1S/C24H25N3O3.C24H25N3O2/c28-23(20-13-6-11-18-10-4-5-12-19(18)20)26-21-14-7-15-27(30)22(21)24(29)25-16-17-8-2-1-3-9-17;28-23(20-13-6-11-18-10-4-5-12-19(18)20)27-21-14-7-15-25-22(21)24(29)26-16-17-8-2-1-3-9-17/h4-7,10-15,17H,1-3,8-9,16H2,(H,25,29)(H,26,28);4-7,10-15,17H,1-3,8-9,16H2,(H,26,29)(H,27,28). The summed E-state index contributed by atoms with van der Waals surface area (Å²) >= 11 is 0. The van der Waals surface area contributed by atoms with Crippen LogP contribution in [0.1, 0.15) is 106 Å². The molecule has 0 saturated heterocycles. The molecule has 0 unspecified atom stereocenters. The summed E-state index contributed by atoms with van der Waals surface area (Å²) in [5.41, 5.74) is 1.83. The van der Waals surface area contributed by atoms with Crippen molar-refractivity contribution in [3.8, 4) is 0 Å². The third-order valence-electron chi connectivity index (χ3n) is 11.3. The summed E-state index contributed by atoms with van der Waals surface area (Å²) < 4.78 is 0.509. The summed E-state index contributed by atoms with van der Waals surface area (Å²) in [5.74, 6) is -0.352. The fourth-order valence-electron chi connectivity index (χ4n) is 8.15. The van der Waals surface area contributed by atoms with Gasteiger partial charge in [0.05, 0.1) is 5.69 Å². The molecule has 2 fully saturated rings. The lowest BCUT2D eigenvalue weighted by Crippen LogP contribution is -2.42. The van der Waals surface area contributed by atoms with Gasteiger partial charge in [-0.3, -0.25) is 19.2 Å². The van der Waals surface area contributed by atoms with Crippen LogP contribution in [0.5, 0.6) is 0 Å². The van der Waals surface area contributed by atoms with Crippen LogP contribution in [-0.2, 0) is 0 Å². The van der Waals surface area contributed by atoms with Crippen LogP contribution in [0.3, 0.4) is 0 Å². The first kappa shape index (κ1) is 40.6. The summed E-state index contributed by atoms with van der Waals surface area (Å²) in [4.78, 5) is 55.6. The molecular formula is C48H50N6O5. The molecule has 4 aromatic carbocycles. The third-order valence-corrected chi connectivity index (χ3v) is 11.3. The molecule has 6 aromatic rings. The van der Waals surface area contributed by atoms with Crippen LogP contribution in [-0.4, -0.2) is 41.7 Å². The predicted molar refractivity (Wildman–Crippen MR) is 231 cm³/mol. The zero-order valence-corrected chi connectivity index (χ0v) is 33.1. The second-order valence-corrected chi connectivity index (χ2v) is 15.4. The topological polar surface area (TPSA) is 156 Å². The van der Waals surface area contributed by atoms with E-state index in [4.69, 9.17) is 0 Å². The van der Waals surface area contributed by atoms with Crippen LogP contribution in [0, 0.1) is 17.0 Å². The van der Waals surface area contributed by atoms with E-state index in [1.807, 2.05) is 72.8 Å². The van der Waals surface area contributed by atoms with Crippen LogP contribution >= 0.6 is 0 Å². The molecule has 2 aromatic heterocycles. The zero-order chi connectivity index (χ0) is 41.0. The third kappa shape index (κ3) is 10.3. The van der Waals surface area contributed by atoms with Gasteiger partial charge in [0.1, 0.15) is 5.69 Å². The number of amides is 4. The molecule has 11 heteroatoms. The predicted octanol–water partition coefficient (Wildman–Crippen LogP) is 8.83. The Labute approximate surface area is 344 Å². The number of nitrogens with one attached hydrogen (secondary N) is 4.